The number of benzene rings is 2. The molecule has 0 bridgehead atoms. The van der Waals surface area contributed by atoms with Crippen LogP contribution in [0.15, 0.2) is 53.9 Å². The third-order valence-electron chi connectivity index (χ3n) is 5.04. The predicted octanol–water partition coefficient (Wildman–Crippen LogP) is 4.68. The maximum atomic E-state index is 12.4. The van der Waals surface area contributed by atoms with Crippen LogP contribution in [-0.4, -0.2) is 23.3 Å². The Morgan fingerprint density at radius 2 is 2.03 bits per heavy atom. The standard InChI is InChI=1S/C23H23N3O2S/c1-2-16-8-10-18(11-9-16)24-21(27)14-22-25-20(15-29-22)17-5-3-6-19(13-17)26-12-4-7-23(26)28/h3,5-6,8-11,13,15H,2,4,7,12,14H2,1H3,(H,24,27). The number of rotatable bonds is 6. The number of aromatic nitrogens is 1. The molecule has 5 nitrogen and oxygen atoms in total. The minimum Gasteiger partial charge on any atom is -0.326 e. The second-order valence-corrected chi connectivity index (χ2v) is 8.04. The third kappa shape index (κ3) is 4.54. The van der Waals surface area contributed by atoms with E-state index in [-0.39, 0.29) is 18.2 Å². The molecule has 1 aromatic heterocycles. The summed E-state index contributed by atoms with van der Waals surface area (Å²) in [5.74, 6) is 0.0938. The molecule has 4 rings (SSSR count). The Morgan fingerprint density at radius 1 is 1.21 bits per heavy atom. The molecule has 3 aromatic rings. The van der Waals surface area contributed by atoms with E-state index in [4.69, 9.17) is 0 Å². The molecule has 2 heterocycles. The van der Waals surface area contributed by atoms with Crippen LogP contribution in [-0.2, 0) is 22.4 Å². The van der Waals surface area contributed by atoms with Gasteiger partial charge in [0.15, 0.2) is 0 Å². The second-order valence-electron chi connectivity index (χ2n) is 7.10. The number of hydrogen-bond donors (Lipinski definition) is 1. The van der Waals surface area contributed by atoms with Gasteiger partial charge < -0.3 is 10.2 Å². The molecule has 148 valence electrons. The second kappa shape index (κ2) is 8.57. The van der Waals surface area contributed by atoms with Crippen molar-refractivity contribution in [1.29, 1.82) is 0 Å². The monoisotopic (exact) mass is 405 g/mol. The van der Waals surface area contributed by atoms with Gasteiger partial charge >= 0.3 is 0 Å². The Bertz CT molecular complexity index is 1030. The van der Waals surface area contributed by atoms with Crippen molar-refractivity contribution in [2.24, 2.45) is 0 Å². The number of thiazole rings is 1. The lowest BCUT2D eigenvalue weighted by Crippen LogP contribution is -2.23. The van der Waals surface area contributed by atoms with E-state index in [1.807, 2.05) is 58.8 Å². The molecule has 0 atom stereocenters. The lowest BCUT2D eigenvalue weighted by Gasteiger charge is -2.16. The van der Waals surface area contributed by atoms with E-state index >= 15 is 0 Å². The number of carbonyl (C=O) groups excluding carboxylic acids is 2. The van der Waals surface area contributed by atoms with Gasteiger partial charge in [0, 0.05) is 35.3 Å². The van der Waals surface area contributed by atoms with Crippen LogP contribution < -0.4 is 10.2 Å². The molecule has 1 fully saturated rings. The summed E-state index contributed by atoms with van der Waals surface area (Å²) in [6, 6.07) is 15.8. The zero-order valence-corrected chi connectivity index (χ0v) is 17.2. The van der Waals surface area contributed by atoms with Gasteiger partial charge in [0.25, 0.3) is 0 Å². The first kappa shape index (κ1) is 19.3. The van der Waals surface area contributed by atoms with Crippen LogP contribution in [0.1, 0.15) is 30.3 Å². The van der Waals surface area contributed by atoms with Crippen LogP contribution in [0, 0.1) is 0 Å². The van der Waals surface area contributed by atoms with Gasteiger partial charge in [-0.05, 0) is 42.7 Å². The van der Waals surface area contributed by atoms with E-state index in [2.05, 4.69) is 17.2 Å². The van der Waals surface area contributed by atoms with E-state index in [0.29, 0.717) is 6.42 Å². The number of nitrogens with zero attached hydrogens (tertiary/aromatic N) is 2. The van der Waals surface area contributed by atoms with Crippen molar-refractivity contribution >= 4 is 34.5 Å². The Labute approximate surface area is 174 Å². The van der Waals surface area contributed by atoms with Gasteiger partial charge in [0.05, 0.1) is 12.1 Å². The van der Waals surface area contributed by atoms with Gasteiger partial charge in [0.2, 0.25) is 11.8 Å². The van der Waals surface area contributed by atoms with Gasteiger partial charge in [-0.15, -0.1) is 11.3 Å². The zero-order chi connectivity index (χ0) is 20.2. The van der Waals surface area contributed by atoms with Crippen molar-refractivity contribution in [2.45, 2.75) is 32.6 Å². The minimum atomic E-state index is -0.0773. The van der Waals surface area contributed by atoms with Crippen LogP contribution in [0.3, 0.4) is 0 Å². The minimum absolute atomic E-state index is 0.0773. The van der Waals surface area contributed by atoms with Crippen LogP contribution in [0.5, 0.6) is 0 Å². The van der Waals surface area contributed by atoms with Gasteiger partial charge in [-0.1, -0.05) is 31.2 Å². The number of hydrogen-bond acceptors (Lipinski definition) is 4. The predicted molar refractivity (Wildman–Crippen MR) is 117 cm³/mol. The fourth-order valence-corrected chi connectivity index (χ4v) is 4.25. The van der Waals surface area contributed by atoms with E-state index < -0.39 is 0 Å². The first-order chi connectivity index (χ1) is 14.1. The van der Waals surface area contributed by atoms with E-state index in [0.717, 1.165) is 47.0 Å². The van der Waals surface area contributed by atoms with Crippen molar-refractivity contribution in [3.05, 3.63) is 64.5 Å². The molecule has 1 N–H and O–H groups in total. The summed E-state index contributed by atoms with van der Waals surface area (Å²) in [6.07, 6.45) is 2.73. The fourth-order valence-electron chi connectivity index (χ4n) is 3.45. The maximum absolute atomic E-state index is 12.4. The highest BCUT2D eigenvalue weighted by molar-refractivity contribution is 7.10. The van der Waals surface area contributed by atoms with Gasteiger partial charge in [-0.25, -0.2) is 4.98 Å². The fraction of sp³-hybridized carbons (Fsp3) is 0.261. The summed E-state index contributed by atoms with van der Waals surface area (Å²) in [7, 11) is 0. The highest BCUT2D eigenvalue weighted by Crippen LogP contribution is 2.28. The molecular formula is C23H23N3O2S. The number of amides is 2. The first-order valence-corrected chi connectivity index (χ1v) is 10.7. The van der Waals surface area contributed by atoms with Crippen LogP contribution in [0.2, 0.25) is 0 Å². The molecule has 0 aliphatic carbocycles. The molecule has 0 radical (unpaired) electrons. The molecule has 0 saturated carbocycles. The van der Waals surface area contributed by atoms with Gasteiger partial charge in [-0.3, -0.25) is 9.59 Å². The van der Waals surface area contributed by atoms with Crippen molar-refractivity contribution in [1.82, 2.24) is 4.98 Å². The Hall–Kier alpha value is -2.99. The molecule has 0 unspecified atom stereocenters. The van der Waals surface area contributed by atoms with Crippen LogP contribution in [0.4, 0.5) is 11.4 Å². The van der Waals surface area contributed by atoms with Crippen LogP contribution >= 0.6 is 11.3 Å². The number of anilines is 2. The lowest BCUT2D eigenvalue weighted by molar-refractivity contribution is -0.117. The summed E-state index contributed by atoms with van der Waals surface area (Å²) in [4.78, 5) is 30.8. The highest BCUT2D eigenvalue weighted by atomic mass is 32.1. The summed E-state index contributed by atoms with van der Waals surface area (Å²) in [6.45, 7) is 2.87. The molecule has 1 aliphatic rings. The average Bonchev–Trinajstić information content (AvgIpc) is 3.37. The molecular weight excluding hydrogens is 382 g/mol. The topological polar surface area (TPSA) is 62.3 Å². The quantitative estimate of drug-likeness (QED) is 0.648. The van der Waals surface area contributed by atoms with E-state index in [9.17, 15) is 9.59 Å². The van der Waals surface area contributed by atoms with Gasteiger partial charge in [-0.2, -0.15) is 0 Å². The van der Waals surface area contributed by atoms with Crippen LogP contribution in [0.25, 0.3) is 11.3 Å². The molecule has 6 heteroatoms. The molecule has 29 heavy (non-hydrogen) atoms. The molecule has 1 saturated heterocycles. The van der Waals surface area contributed by atoms with Crippen molar-refractivity contribution < 1.29 is 9.59 Å². The normalized spacial score (nSPS) is 13.7. The summed E-state index contributed by atoms with van der Waals surface area (Å²) < 4.78 is 0. The molecule has 2 amide bonds. The SMILES string of the molecule is CCc1ccc(NC(=O)Cc2nc(-c3cccc(N4CCCC4=O)c3)cs2)cc1. The molecule has 2 aromatic carbocycles. The molecule has 1 aliphatic heterocycles. The summed E-state index contributed by atoms with van der Waals surface area (Å²) >= 11 is 1.48. The zero-order valence-electron chi connectivity index (χ0n) is 16.4. The molecule has 0 spiro atoms. The van der Waals surface area contributed by atoms with Crippen molar-refractivity contribution in [2.75, 3.05) is 16.8 Å². The Balaban J connectivity index is 1.43. The Morgan fingerprint density at radius 3 is 2.76 bits per heavy atom. The smallest absolute Gasteiger partial charge is 0.231 e. The summed E-state index contributed by atoms with van der Waals surface area (Å²) in [5, 5.41) is 5.66. The van der Waals surface area contributed by atoms with Crippen molar-refractivity contribution in [3.8, 4) is 11.3 Å². The Kier molecular flexibility index (Phi) is 5.71. The third-order valence-corrected chi connectivity index (χ3v) is 5.89. The lowest BCUT2D eigenvalue weighted by atomic mass is 10.1. The first-order valence-electron chi connectivity index (χ1n) is 9.86. The van der Waals surface area contributed by atoms with E-state index in [1.54, 1.807) is 0 Å². The highest BCUT2D eigenvalue weighted by Gasteiger charge is 2.22. The van der Waals surface area contributed by atoms with Crippen molar-refractivity contribution in [3.63, 3.8) is 0 Å². The largest absolute Gasteiger partial charge is 0.326 e. The number of aryl methyl sites for hydroxylation is 1. The van der Waals surface area contributed by atoms with Gasteiger partial charge in [0.1, 0.15) is 5.01 Å². The summed E-state index contributed by atoms with van der Waals surface area (Å²) in [5.41, 5.74) is 4.74. The van der Waals surface area contributed by atoms with E-state index in [1.165, 1.54) is 16.9 Å². The number of carbonyl (C=O) groups is 2. The number of nitrogens with one attached hydrogen (secondary N) is 1. The average molecular weight is 406 g/mol. The maximum Gasteiger partial charge on any atom is 0.231 e.